The third-order valence-electron chi connectivity index (χ3n) is 3.51. The molecule has 0 aromatic heterocycles. The maximum atomic E-state index is 11.8. The van der Waals surface area contributed by atoms with E-state index in [1.807, 2.05) is 12.1 Å². The number of hydrogen-bond donors (Lipinski definition) is 1. The summed E-state index contributed by atoms with van der Waals surface area (Å²) in [6, 6.07) is 8.15. The van der Waals surface area contributed by atoms with E-state index in [1.165, 1.54) is 5.56 Å². The van der Waals surface area contributed by atoms with Gasteiger partial charge in [-0.05, 0) is 23.1 Å². The van der Waals surface area contributed by atoms with E-state index in [0.717, 1.165) is 5.69 Å². The lowest BCUT2D eigenvalue weighted by Gasteiger charge is -2.21. The number of amides is 1. The molecule has 1 heterocycles. The number of rotatable bonds is 2. The maximum Gasteiger partial charge on any atom is 0.227 e. The van der Waals surface area contributed by atoms with Crippen molar-refractivity contribution < 1.29 is 9.90 Å². The molecule has 0 saturated carbocycles. The molecule has 1 atom stereocenters. The number of hydrogen-bond acceptors (Lipinski definition) is 2. The minimum atomic E-state index is 0.0831. The summed E-state index contributed by atoms with van der Waals surface area (Å²) in [5.74, 6) is 0.192. The predicted octanol–water partition coefficient (Wildman–Crippen LogP) is 2.33. The molecule has 1 aromatic rings. The van der Waals surface area contributed by atoms with Crippen LogP contribution in [0.25, 0.3) is 0 Å². The van der Waals surface area contributed by atoms with Gasteiger partial charge in [-0.2, -0.15) is 0 Å². The van der Waals surface area contributed by atoms with Crippen molar-refractivity contribution in [2.24, 2.45) is 5.92 Å². The molecule has 0 spiro atoms. The number of aliphatic hydroxyl groups excluding tert-OH is 1. The Morgan fingerprint density at radius 1 is 1.28 bits per heavy atom. The van der Waals surface area contributed by atoms with Crippen molar-refractivity contribution in [1.29, 1.82) is 0 Å². The molecule has 1 N–H and O–H groups in total. The Bertz CT molecular complexity index is 431. The van der Waals surface area contributed by atoms with Crippen LogP contribution in [0.5, 0.6) is 0 Å². The zero-order valence-electron chi connectivity index (χ0n) is 11.3. The van der Waals surface area contributed by atoms with E-state index in [-0.39, 0.29) is 23.8 Å². The molecule has 18 heavy (non-hydrogen) atoms. The zero-order valence-corrected chi connectivity index (χ0v) is 11.3. The molecule has 1 aromatic carbocycles. The molecule has 0 radical (unpaired) electrons. The Hall–Kier alpha value is -1.35. The van der Waals surface area contributed by atoms with Crippen molar-refractivity contribution in [3.05, 3.63) is 29.8 Å². The molecule has 98 valence electrons. The average molecular weight is 247 g/mol. The monoisotopic (exact) mass is 247 g/mol. The number of aliphatic hydroxyl groups is 1. The normalized spacial score (nSPS) is 20.6. The maximum absolute atomic E-state index is 11.8. The summed E-state index contributed by atoms with van der Waals surface area (Å²) in [5, 5.41) is 9.12. The van der Waals surface area contributed by atoms with Crippen molar-refractivity contribution in [1.82, 2.24) is 0 Å². The van der Waals surface area contributed by atoms with E-state index in [0.29, 0.717) is 13.0 Å². The molecule has 1 fully saturated rings. The minimum Gasteiger partial charge on any atom is -0.396 e. The van der Waals surface area contributed by atoms with E-state index >= 15 is 0 Å². The van der Waals surface area contributed by atoms with Gasteiger partial charge in [-0.1, -0.05) is 32.9 Å². The average Bonchev–Trinajstić information content (AvgIpc) is 2.70. The van der Waals surface area contributed by atoms with Gasteiger partial charge >= 0.3 is 0 Å². The summed E-state index contributed by atoms with van der Waals surface area (Å²) in [5.41, 5.74) is 2.32. The highest BCUT2D eigenvalue weighted by Gasteiger charge is 2.30. The molecule has 1 amide bonds. The molecule has 1 aliphatic heterocycles. The topological polar surface area (TPSA) is 40.5 Å². The number of anilines is 1. The van der Waals surface area contributed by atoms with Crippen LogP contribution in [0.2, 0.25) is 0 Å². The highest BCUT2D eigenvalue weighted by Crippen LogP contribution is 2.28. The van der Waals surface area contributed by atoms with Crippen LogP contribution in [0, 0.1) is 5.92 Å². The van der Waals surface area contributed by atoms with Gasteiger partial charge in [0.25, 0.3) is 0 Å². The van der Waals surface area contributed by atoms with Gasteiger partial charge < -0.3 is 10.0 Å². The summed E-state index contributed by atoms with van der Waals surface area (Å²) in [6.45, 7) is 7.23. The van der Waals surface area contributed by atoms with Crippen LogP contribution in [-0.2, 0) is 10.2 Å². The fraction of sp³-hybridized carbons (Fsp3) is 0.533. The van der Waals surface area contributed by atoms with E-state index in [4.69, 9.17) is 5.11 Å². The standard InChI is InChI=1S/C15H21NO2/c1-15(2,3)12-4-6-13(7-5-12)16-9-11(10-17)8-14(16)18/h4-7,11,17H,8-10H2,1-3H3/t11-/m0/s1. The van der Waals surface area contributed by atoms with E-state index in [2.05, 4.69) is 32.9 Å². The summed E-state index contributed by atoms with van der Waals surface area (Å²) in [6.07, 6.45) is 0.456. The Labute approximate surface area is 108 Å². The summed E-state index contributed by atoms with van der Waals surface area (Å²) < 4.78 is 0. The van der Waals surface area contributed by atoms with Crippen LogP contribution < -0.4 is 4.90 Å². The third-order valence-corrected chi connectivity index (χ3v) is 3.51. The first kappa shape index (κ1) is 13.1. The van der Waals surface area contributed by atoms with Crippen LogP contribution >= 0.6 is 0 Å². The van der Waals surface area contributed by atoms with Crippen LogP contribution in [-0.4, -0.2) is 24.2 Å². The fourth-order valence-electron chi connectivity index (χ4n) is 2.29. The minimum absolute atomic E-state index is 0.0831. The summed E-state index contributed by atoms with van der Waals surface area (Å²) in [4.78, 5) is 13.6. The molecular formula is C15H21NO2. The first-order chi connectivity index (χ1) is 8.41. The molecule has 1 aliphatic rings. The second-order valence-electron chi connectivity index (χ2n) is 6.05. The third kappa shape index (κ3) is 2.56. The first-order valence-corrected chi connectivity index (χ1v) is 6.43. The van der Waals surface area contributed by atoms with Gasteiger partial charge in [-0.3, -0.25) is 4.79 Å². The lowest BCUT2D eigenvalue weighted by Crippen LogP contribution is -2.25. The molecular weight excluding hydrogens is 226 g/mol. The van der Waals surface area contributed by atoms with Gasteiger partial charge in [0.05, 0.1) is 0 Å². The zero-order chi connectivity index (χ0) is 13.3. The second-order valence-corrected chi connectivity index (χ2v) is 6.05. The Morgan fingerprint density at radius 3 is 2.33 bits per heavy atom. The van der Waals surface area contributed by atoms with Crippen molar-refractivity contribution in [2.45, 2.75) is 32.6 Å². The second kappa shape index (κ2) is 4.73. The highest BCUT2D eigenvalue weighted by molar-refractivity contribution is 5.95. The van der Waals surface area contributed by atoms with Crippen molar-refractivity contribution in [3.63, 3.8) is 0 Å². The molecule has 3 heteroatoms. The van der Waals surface area contributed by atoms with E-state index in [1.54, 1.807) is 4.90 Å². The van der Waals surface area contributed by atoms with Crippen molar-refractivity contribution in [3.8, 4) is 0 Å². The van der Waals surface area contributed by atoms with Crippen molar-refractivity contribution >= 4 is 11.6 Å². The molecule has 3 nitrogen and oxygen atoms in total. The van der Waals surface area contributed by atoms with E-state index < -0.39 is 0 Å². The number of carbonyl (C=O) groups excluding carboxylic acids is 1. The van der Waals surface area contributed by atoms with Gasteiger partial charge in [0.2, 0.25) is 5.91 Å². The van der Waals surface area contributed by atoms with Gasteiger partial charge in [-0.25, -0.2) is 0 Å². The lowest BCUT2D eigenvalue weighted by molar-refractivity contribution is -0.117. The van der Waals surface area contributed by atoms with Gasteiger partial charge in [0, 0.05) is 31.2 Å². The summed E-state index contributed by atoms with van der Waals surface area (Å²) >= 11 is 0. The van der Waals surface area contributed by atoms with Crippen LogP contribution in [0.4, 0.5) is 5.69 Å². The number of nitrogens with zero attached hydrogens (tertiary/aromatic N) is 1. The Kier molecular flexibility index (Phi) is 3.44. The SMILES string of the molecule is CC(C)(C)c1ccc(N2C[C@@H](CO)CC2=O)cc1. The van der Waals surface area contributed by atoms with Crippen LogP contribution in [0.15, 0.2) is 24.3 Å². The molecule has 1 saturated heterocycles. The largest absolute Gasteiger partial charge is 0.396 e. The fourth-order valence-corrected chi connectivity index (χ4v) is 2.29. The van der Waals surface area contributed by atoms with Crippen LogP contribution in [0.3, 0.4) is 0 Å². The van der Waals surface area contributed by atoms with Crippen LogP contribution in [0.1, 0.15) is 32.8 Å². The smallest absolute Gasteiger partial charge is 0.227 e. The Balaban J connectivity index is 2.18. The van der Waals surface area contributed by atoms with Gasteiger partial charge in [-0.15, -0.1) is 0 Å². The van der Waals surface area contributed by atoms with Gasteiger partial charge in [0.15, 0.2) is 0 Å². The quantitative estimate of drug-likeness (QED) is 0.871. The number of carbonyl (C=O) groups is 1. The van der Waals surface area contributed by atoms with Crippen molar-refractivity contribution in [2.75, 3.05) is 18.1 Å². The lowest BCUT2D eigenvalue weighted by atomic mass is 9.87. The molecule has 0 aliphatic carbocycles. The summed E-state index contributed by atoms with van der Waals surface area (Å²) in [7, 11) is 0. The first-order valence-electron chi connectivity index (χ1n) is 6.43. The molecule has 0 unspecified atom stereocenters. The predicted molar refractivity (Wildman–Crippen MR) is 72.7 cm³/mol. The van der Waals surface area contributed by atoms with E-state index in [9.17, 15) is 4.79 Å². The highest BCUT2D eigenvalue weighted by atomic mass is 16.3. The Morgan fingerprint density at radius 2 is 1.89 bits per heavy atom. The molecule has 0 bridgehead atoms. The van der Waals surface area contributed by atoms with Gasteiger partial charge in [0.1, 0.15) is 0 Å². The molecule has 2 rings (SSSR count). The number of benzene rings is 1.